The van der Waals surface area contributed by atoms with E-state index in [9.17, 15) is 29.8 Å². The summed E-state index contributed by atoms with van der Waals surface area (Å²) < 4.78 is 15.8. The molecule has 0 aliphatic carbocycles. The Bertz CT molecular complexity index is 1280. The van der Waals surface area contributed by atoms with Gasteiger partial charge in [0.05, 0.1) is 29.4 Å². The van der Waals surface area contributed by atoms with Crippen molar-refractivity contribution in [1.29, 1.82) is 0 Å². The molecule has 0 saturated heterocycles. The second kappa shape index (κ2) is 11.9. The van der Waals surface area contributed by atoms with Crippen LogP contribution in [-0.2, 0) is 20.9 Å². The van der Waals surface area contributed by atoms with Gasteiger partial charge in [0, 0.05) is 18.6 Å². The number of nitrogens with zero attached hydrogens (tertiary/aromatic N) is 2. The average molecular weight is 495 g/mol. The molecule has 186 valence electrons. The molecule has 36 heavy (non-hydrogen) atoms. The minimum absolute atomic E-state index is 0.0102. The van der Waals surface area contributed by atoms with Crippen LogP contribution in [0, 0.1) is 20.2 Å². The molecule has 0 saturated carbocycles. The van der Waals surface area contributed by atoms with Crippen molar-refractivity contribution in [2.75, 3.05) is 12.4 Å². The van der Waals surface area contributed by atoms with Crippen LogP contribution in [0.2, 0.25) is 0 Å². The van der Waals surface area contributed by atoms with E-state index in [2.05, 4.69) is 5.32 Å². The lowest BCUT2D eigenvalue weighted by Gasteiger charge is -2.09. The molecule has 1 N–H and O–H groups in total. The Balaban J connectivity index is 1.48. The number of hydrogen-bond acceptors (Lipinski definition) is 9. The molecule has 0 bridgehead atoms. The first kappa shape index (κ1) is 25.6. The van der Waals surface area contributed by atoms with Crippen molar-refractivity contribution < 1.29 is 33.6 Å². The quantitative estimate of drug-likeness (QED) is 0.224. The fraction of sp³-hybridized carbons (Fsp3) is 0.167. The van der Waals surface area contributed by atoms with Gasteiger partial charge in [-0.1, -0.05) is 12.1 Å². The number of nitro benzene ring substituents is 2. The molecular formula is C24H21N3O9. The van der Waals surface area contributed by atoms with Crippen LogP contribution >= 0.6 is 0 Å². The predicted molar refractivity (Wildman–Crippen MR) is 127 cm³/mol. The van der Waals surface area contributed by atoms with Crippen LogP contribution in [-0.4, -0.2) is 28.8 Å². The first-order valence-corrected chi connectivity index (χ1v) is 10.5. The summed E-state index contributed by atoms with van der Waals surface area (Å²) in [6.07, 6.45) is -0.458. The number of benzene rings is 3. The van der Waals surface area contributed by atoms with Crippen LogP contribution in [0.4, 0.5) is 17.1 Å². The third kappa shape index (κ3) is 7.25. The van der Waals surface area contributed by atoms with Crippen molar-refractivity contribution in [2.24, 2.45) is 0 Å². The van der Waals surface area contributed by atoms with Gasteiger partial charge in [-0.3, -0.25) is 29.8 Å². The fourth-order valence-corrected chi connectivity index (χ4v) is 3.03. The molecule has 0 aliphatic rings. The monoisotopic (exact) mass is 495 g/mol. The number of carbonyl (C=O) groups is 2. The Morgan fingerprint density at radius 3 is 2.25 bits per heavy atom. The van der Waals surface area contributed by atoms with E-state index in [1.807, 2.05) is 0 Å². The molecular weight excluding hydrogens is 474 g/mol. The summed E-state index contributed by atoms with van der Waals surface area (Å²) in [6.45, 7) is -0.0676. The van der Waals surface area contributed by atoms with Gasteiger partial charge in [0.25, 0.3) is 11.4 Å². The second-order valence-corrected chi connectivity index (χ2v) is 7.35. The van der Waals surface area contributed by atoms with E-state index in [4.69, 9.17) is 14.2 Å². The molecule has 0 fully saturated rings. The van der Waals surface area contributed by atoms with Crippen molar-refractivity contribution >= 4 is 28.9 Å². The summed E-state index contributed by atoms with van der Waals surface area (Å²) in [5.41, 5.74) is 0.227. The number of esters is 1. The molecule has 12 nitrogen and oxygen atoms in total. The van der Waals surface area contributed by atoms with Crippen LogP contribution in [0.1, 0.15) is 18.4 Å². The Kier molecular flexibility index (Phi) is 8.49. The first-order valence-electron chi connectivity index (χ1n) is 10.5. The van der Waals surface area contributed by atoms with E-state index in [0.29, 0.717) is 17.1 Å². The molecule has 0 radical (unpaired) electrons. The Hall–Kier alpha value is -5.00. The Morgan fingerprint density at radius 2 is 1.58 bits per heavy atom. The number of carbonyl (C=O) groups excluding carboxylic acids is 2. The zero-order valence-electron chi connectivity index (χ0n) is 19.0. The van der Waals surface area contributed by atoms with E-state index >= 15 is 0 Å². The Morgan fingerprint density at radius 1 is 0.861 bits per heavy atom. The van der Waals surface area contributed by atoms with E-state index < -0.39 is 21.7 Å². The van der Waals surface area contributed by atoms with E-state index in [1.165, 1.54) is 49.6 Å². The highest BCUT2D eigenvalue weighted by molar-refractivity contribution is 5.94. The van der Waals surface area contributed by atoms with Gasteiger partial charge >= 0.3 is 5.97 Å². The van der Waals surface area contributed by atoms with E-state index in [1.54, 1.807) is 24.3 Å². The van der Waals surface area contributed by atoms with Gasteiger partial charge in [0.15, 0.2) is 0 Å². The molecule has 0 aromatic heterocycles. The van der Waals surface area contributed by atoms with Crippen molar-refractivity contribution in [2.45, 2.75) is 19.4 Å². The molecule has 0 heterocycles. The lowest BCUT2D eigenvalue weighted by Crippen LogP contribution is -2.15. The summed E-state index contributed by atoms with van der Waals surface area (Å²) in [5, 5.41) is 24.4. The van der Waals surface area contributed by atoms with Crippen molar-refractivity contribution in [3.63, 3.8) is 0 Å². The second-order valence-electron chi connectivity index (χ2n) is 7.35. The lowest BCUT2D eigenvalue weighted by molar-refractivity contribution is -0.384. The van der Waals surface area contributed by atoms with E-state index in [-0.39, 0.29) is 42.3 Å². The molecule has 0 atom stereocenters. The van der Waals surface area contributed by atoms with Crippen molar-refractivity contribution in [1.82, 2.24) is 0 Å². The van der Waals surface area contributed by atoms with Crippen molar-refractivity contribution in [3.8, 4) is 17.2 Å². The Labute approximate surface area is 204 Å². The number of nitrogens with one attached hydrogen (secondary N) is 1. The van der Waals surface area contributed by atoms with Crippen LogP contribution in [0.3, 0.4) is 0 Å². The summed E-state index contributed by atoms with van der Waals surface area (Å²) in [6, 6.07) is 16.3. The smallest absolute Gasteiger partial charge is 0.306 e. The molecule has 12 heteroatoms. The zero-order chi connectivity index (χ0) is 26.1. The lowest BCUT2D eigenvalue weighted by atomic mass is 10.2. The molecule has 0 unspecified atom stereocenters. The molecule has 3 aromatic rings. The van der Waals surface area contributed by atoms with Crippen LogP contribution in [0.5, 0.6) is 17.2 Å². The number of nitro groups is 2. The molecule has 3 aromatic carbocycles. The largest absolute Gasteiger partial charge is 0.496 e. The number of anilines is 1. The predicted octanol–water partition coefficient (Wildman–Crippen LogP) is 4.77. The van der Waals surface area contributed by atoms with E-state index in [0.717, 1.165) is 0 Å². The van der Waals surface area contributed by atoms with Gasteiger partial charge < -0.3 is 19.5 Å². The number of methoxy groups -OCH3 is 1. The maximum Gasteiger partial charge on any atom is 0.306 e. The van der Waals surface area contributed by atoms with Gasteiger partial charge in [0.2, 0.25) is 5.91 Å². The summed E-state index contributed by atoms with van der Waals surface area (Å²) in [5.74, 6) is -0.101. The minimum Gasteiger partial charge on any atom is -0.496 e. The van der Waals surface area contributed by atoms with Gasteiger partial charge in [0.1, 0.15) is 29.5 Å². The van der Waals surface area contributed by atoms with Gasteiger partial charge in [-0.15, -0.1) is 0 Å². The normalized spacial score (nSPS) is 10.2. The number of hydrogen-bond donors (Lipinski definition) is 1. The first-order chi connectivity index (χ1) is 17.2. The number of amides is 1. The van der Waals surface area contributed by atoms with Crippen LogP contribution in [0.15, 0.2) is 66.7 Å². The highest BCUT2D eigenvalue weighted by Crippen LogP contribution is 2.29. The fourth-order valence-electron chi connectivity index (χ4n) is 3.03. The molecule has 0 aliphatic heterocycles. The van der Waals surface area contributed by atoms with Gasteiger partial charge in [-0.25, -0.2) is 0 Å². The standard InChI is InChI=1S/C24H21N3O9/c1-34-19-9-10-21(22(14-19)27(32)33)25-23(28)11-12-24(29)35-15-16-3-2-4-20(13-16)36-18-7-5-17(6-8-18)26(30)31/h2-10,13-14H,11-12,15H2,1H3,(H,25,28). The van der Waals surface area contributed by atoms with Gasteiger partial charge in [-0.05, 0) is 42.0 Å². The summed E-state index contributed by atoms with van der Waals surface area (Å²) in [4.78, 5) is 45.0. The summed E-state index contributed by atoms with van der Waals surface area (Å²) >= 11 is 0. The summed E-state index contributed by atoms with van der Waals surface area (Å²) in [7, 11) is 1.37. The zero-order valence-corrected chi connectivity index (χ0v) is 19.0. The SMILES string of the molecule is COc1ccc(NC(=O)CCC(=O)OCc2cccc(Oc3ccc([N+](=O)[O-])cc3)c2)c([N+](=O)[O-])c1. The van der Waals surface area contributed by atoms with Crippen LogP contribution < -0.4 is 14.8 Å². The van der Waals surface area contributed by atoms with Gasteiger partial charge in [-0.2, -0.15) is 0 Å². The highest BCUT2D eigenvalue weighted by atomic mass is 16.6. The minimum atomic E-state index is -0.647. The molecule has 0 spiro atoms. The number of rotatable bonds is 11. The molecule has 3 rings (SSSR count). The third-order valence-electron chi connectivity index (χ3n) is 4.81. The van der Waals surface area contributed by atoms with Crippen molar-refractivity contribution in [3.05, 3.63) is 92.5 Å². The molecule has 1 amide bonds. The van der Waals surface area contributed by atoms with Crippen LogP contribution in [0.25, 0.3) is 0 Å². The maximum atomic E-state index is 12.2. The maximum absolute atomic E-state index is 12.2. The topological polar surface area (TPSA) is 160 Å². The number of ether oxygens (including phenoxy) is 3. The number of non-ortho nitro benzene ring substituents is 1. The highest BCUT2D eigenvalue weighted by Gasteiger charge is 2.18. The average Bonchev–Trinajstić information content (AvgIpc) is 2.87. The third-order valence-corrected chi connectivity index (χ3v) is 4.81.